The van der Waals surface area contributed by atoms with Crippen LogP contribution in [0.1, 0.15) is 28.8 Å². The standard InChI is InChI=1S/C21H22FN5O2/c1-14-9-23-20(25-17-5-3-15(4-6-17)19(28)29-2)26-18(14)16-10-24-27(11-16)13-21(12-22)7-8-21/h3-6,9-11H,7-8,12-13H2,1-2H3,(H,23,25,26). The molecule has 7 nitrogen and oxygen atoms in total. The molecule has 1 saturated carbocycles. The van der Waals surface area contributed by atoms with Crippen LogP contribution in [0.5, 0.6) is 0 Å². The van der Waals surface area contributed by atoms with Crippen molar-refractivity contribution >= 4 is 17.6 Å². The highest BCUT2D eigenvalue weighted by molar-refractivity contribution is 5.89. The van der Waals surface area contributed by atoms with Gasteiger partial charge in [-0.05, 0) is 49.6 Å². The molecular weight excluding hydrogens is 373 g/mol. The number of nitrogens with one attached hydrogen (secondary N) is 1. The van der Waals surface area contributed by atoms with Crippen LogP contribution in [-0.4, -0.2) is 39.5 Å². The first kappa shape index (κ1) is 19.0. The zero-order valence-corrected chi connectivity index (χ0v) is 16.4. The summed E-state index contributed by atoms with van der Waals surface area (Å²) in [5.41, 5.74) is 3.54. The van der Waals surface area contributed by atoms with Crippen LogP contribution in [0.2, 0.25) is 0 Å². The van der Waals surface area contributed by atoms with E-state index in [4.69, 9.17) is 4.74 Å². The summed E-state index contributed by atoms with van der Waals surface area (Å²) in [4.78, 5) is 20.5. The van der Waals surface area contributed by atoms with Crippen LogP contribution in [0.4, 0.5) is 16.0 Å². The number of hydrogen-bond acceptors (Lipinski definition) is 6. The molecule has 8 heteroatoms. The molecule has 3 aromatic rings. The zero-order valence-electron chi connectivity index (χ0n) is 16.4. The third kappa shape index (κ3) is 4.11. The van der Waals surface area contributed by atoms with Crippen molar-refractivity contribution in [3.8, 4) is 11.3 Å². The van der Waals surface area contributed by atoms with Crippen LogP contribution >= 0.6 is 0 Å². The van der Waals surface area contributed by atoms with Gasteiger partial charge in [-0.3, -0.25) is 9.07 Å². The minimum Gasteiger partial charge on any atom is -0.465 e. The highest BCUT2D eigenvalue weighted by Gasteiger charge is 2.43. The molecule has 1 aliphatic carbocycles. The van der Waals surface area contributed by atoms with Crippen molar-refractivity contribution in [1.82, 2.24) is 19.7 Å². The summed E-state index contributed by atoms with van der Waals surface area (Å²) in [6, 6.07) is 6.87. The number of benzene rings is 1. The molecule has 0 unspecified atom stereocenters. The van der Waals surface area contributed by atoms with Crippen LogP contribution in [0, 0.1) is 12.3 Å². The van der Waals surface area contributed by atoms with Gasteiger partial charge in [-0.2, -0.15) is 5.10 Å². The lowest BCUT2D eigenvalue weighted by molar-refractivity contribution is 0.0601. The molecule has 150 valence electrons. The third-order valence-electron chi connectivity index (χ3n) is 5.18. The van der Waals surface area contributed by atoms with E-state index < -0.39 is 0 Å². The van der Waals surface area contributed by atoms with Gasteiger partial charge in [-0.25, -0.2) is 14.8 Å². The molecule has 1 fully saturated rings. The number of methoxy groups -OCH3 is 1. The third-order valence-corrected chi connectivity index (χ3v) is 5.18. The number of halogens is 1. The fraction of sp³-hybridized carbons (Fsp3) is 0.333. The van der Waals surface area contributed by atoms with Crippen LogP contribution in [-0.2, 0) is 11.3 Å². The van der Waals surface area contributed by atoms with Crippen molar-refractivity contribution in [2.75, 3.05) is 19.1 Å². The van der Waals surface area contributed by atoms with E-state index in [0.29, 0.717) is 18.1 Å². The molecule has 0 spiro atoms. The smallest absolute Gasteiger partial charge is 0.337 e. The van der Waals surface area contributed by atoms with Crippen LogP contribution < -0.4 is 5.32 Å². The Balaban J connectivity index is 1.52. The molecule has 1 aliphatic rings. The van der Waals surface area contributed by atoms with Crippen molar-refractivity contribution < 1.29 is 13.9 Å². The van der Waals surface area contributed by atoms with Crippen molar-refractivity contribution in [1.29, 1.82) is 0 Å². The van der Waals surface area contributed by atoms with Gasteiger partial charge in [-0.1, -0.05) is 0 Å². The van der Waals surface area contributed by atoms with Gasteiger partial charge in [0.15, 0.2) is 0 Å². The summed E-state index contributed by atoms with van der Waals surface area (Å²) < 4.78 is 19.7. The maximum atomic E-state index is 13.2. The molecular formula is C21H22FN5O2. The number of aryl methyl sites for hydroxylation is 1. The predicted octanol–water partition coefficient (Wildman–Crippen LogP) is 3.93. The highest BCUT2D eigenvalue weighted by Crippen LogP contribution is 2.47. The summed E-state index contributed by atoms with van der Waals surface area (Å²) in [5.74, 6) is 0.0507. The van der Waals surface area contributed by atoms with Gasteiger partial charge in [0.1, 0.15) is 0 Å². The average Bonchev–Trinajstić information content (AvgIpc) is 3.37. The number of ether oxygens (including phenoxy) is 1. The number of nitrogens with zero attached hydrogens (tertiary/aromatic N) is 4. The fourth-order valence-corrected chi connectivity index (χ4v) is 3.16. The van der Waals surface area contributed by atoms with Gasteiger partial charge in [0.2, 0.25) is 5.95 Å². The number of carbonyl (C=O) groups is 1. The van der Waals surface area contributed by atoms with Gasteiger partial charge in [0, 0.05) is 35.6 Å². The van der Waals surface area contributed by atoms with Gasteiger partial charge in [0.05, 0.1) is 31.2 Å². The second kappa shape index (κ2) is 7.62. The molecule has 1 N–H and O–H groups in total. The number of hydrogen-bond donors (Lipinski definition) is 1. The molecule has 0 atom stereocenters. The Hall–Kier alpha value is -3.29. The molecule has 2 aromatic heterocycles. The fourth-order valence-electron chi connectivity index (χ4n) is 3.16. The average molecular weight is 395 g/mol. The van der Waals surface area contributed by atoms with Crippen LogP contribution in [0.3, 0.4) is 0 Å². The summed E-state index contributed by atoms with van der Waals surface area (Å²) in [6.45, 7) is 2.22. The molecule has 0 amide bonds. The summed E-state index contributed by atoms with van der Waals surface area (Å²) in [7, 11) is 1.35. The molecule has 0 bridgehead atoms. The van der Waals surface area contributed by atoms with E-state index >= 15 is 0 Å². The highest BCUT2D eigenvalue weighted by atomic mass is 19.1. The van der Waals surface area contributed by atoms with E-state index in [2.05, 4.69) is 20.4 Å². The summed E-state index contributed by atoms with van der Waals surface area (Å²) in [5, 5.41) is 7.52. The first-order chi connectivity index (χ1) is 14.0. The Morgan fingerprint density at radius 2 is 2.03 bits per heavy atom. The van der Waals surface area contributed by atoms with Gasteiger partial charge >= 0.3 is 5.97 Å². The lowest BCUT2D eigenvalue weighted by atomic mass is 10.1. The lowest BCUT2D eigenvalue weighted by Crippen LogP contribution is -2.13. The van der Waals surface area contributed by atoms with E-state index in [-0.39, 0.29) is 18.1 Å². The van der Waals surface area contributed by atoms with Crippen molar-refractivity contribution in [3.63, 3.8) is 0 Å². The largest absolute Gasteiger partial charge is 0.465 e. The number of anilines is 2. The molecule has 0 saturated heterocycles. The Morgan fingerprint density at radius 1 is 1.28 bits per heavy atom. The molecule has 4 rings (SSSR count). The Kier molecular flexibility index (Phi) is 5.00. The zero-order chi connectivity index (χ0) is 20.4. The van der Waals surface area contributed by atoms with Crippen molar-refractivity contribution in [3.05, 3.63) is 54.0 Å². The normalized spacial score (nSPS) is 14.4. The predicted molar refractivity (Wildman–Crippen MR) is 107 cm³/mol. The number of esters is 1. The maximum Gasteiger partial charge on any atom is 0.337 e. The van der Waals surface area contributed by atoms with E-state index in [1.54, 1.807) is 41.3 Å². The molecule has 29 heavy (non-hydrogen) atoms. The van der Waals surface area contributed by atoms with Gasteiger partial charge < -0.3 is 10.1 Å². The van der Waals surface area contributed by atoms with Gasteiger partial charge in [0.25, 0.3) is 0 Å². The summed E-state index contributed by atoms with van der Waals surface area (Å²) >= 11 is 0. The second-order valence-electron chi connectivity index (χ2n) is 7.48. The molecule has 0 aliphatic heterocycles. The Labute approximate surface area is 167 Å². The minimum atomic E-state index is -0.386. The van der Waals surface area contributed by atoms with E-state index in [0.717, 1.165) is 35.3 Å². The Bertz CT molecular complexity index is 1030. The second-order valence-corrected chi connectivity index (χ2v) is 7.48. The van der Waals surface area contributed by atoms with Crippen LogP contribution in [0.25, 0.3) is 11.3 Å². The molecule has 1 aromatic carbocycles. The van der Waals surface area contributed by atoms with E-state index in [1.165, 1.54) is 7.11 Å². The monoisotopic (exact) mass is 395 g/mol. The van der Waals surface area contributed by atoms with E-state index in [9.17, 15) is 9.18 Å². The maximum absolute atomic E-state index is 13.2. The first-order valence-corrected chi connectivity index (χ1v) is 9.40. The number of alkyl halides is 1. The lowest BCUT2D eigenvalue weighted by Gasteiger charge is -2.10. The van der Waals surface area contributed by atoms with Crippen molar-refractivity contribution in [2.24, 2.45) is 5.41 Å². The number of rotatable bonds is 7. The quantitative estimate of drug-likeness (QED) is 0.611. The number of carbonyl (C=O) groups excluding carboxylic acids is 1. The molecule has 0 radical (unpaired) electrons. The SMILES string of the molecule is COC(=O)c1ccc(Nc2ncc(C)c(-c3cnn(CC4(CF)CC4)c3)n2)cc1. The first-order valence-electron chi connectivity index (χ1n) is 9.40. The Morgan fingerprint density at radius 3 is 2.69 bits per heavy atom. The minimum absolute atomic E-state index is 0.229. The molecule has 2 heterocycles. The van der Waals surface area contributed by atoms with Crippen LogP contribution in [0.15, 0.2) is 42.9 Å². The summed E-state index contributed by atoms with van der Waals surface area (Å²) in [6.07, 6.45) is 7.22. The van der Waals surface area contributed by atoms with E-state index in [1.807, 2.05) is 13.1 Å². The number of aromatic nitrogens is 4. The topological polar surface area (TPSA) is 81.9 Å². The van der Waals surface area contributed by atoms with Crippen molar-refractivity contribution in [2.45, 2.75) is 26.3 Å². The van der Waals surface area contributed by atoms with Gasteiger partial charge in [-0.15, -0.1) is 0 Å².